The third-order valence-electron chi connectivity index (χ3n) is 4.36. The van der Waals surface area contributed by atoms with Gasteiger partial charge in [-0.2, -0.15) is 17.6 Å². The quantitative estimate of drug-likeness (QED) is 0.487. The number of aromatic nitrogens is 3. The number of hydrogen-bond acceptors (Lipinski definition) is 6. The average Bonchev–Trinajstić information content (AvgIpc) is 2.72. The van der Waals surface area contributed by atoms with E-state index < -0.39 is 52.6 Å². The predicted molar refractivity (Wildman–Crippen MR) is 106 cm³/mol. The van der Waals surface area contributed by atoms with Crippen LogP contribution in [0.25, 0.3) is 5.70 Å². The summed E-state index contributed by atoms with van der Waals surface area (Å²) < 4.78 is 65.6. The van der Waals surface area contributed by atoms with Crippen LogP contribution in [0.4, 0.5) is 17.6 Å². The van der Waals surface area contributed by atoms with E-state index >= 15 is 4.39 Å². The highest BCUT2D eigenvalue weighted by Gasteiger charge is 2.42. The Balaban J connectivity index is 2.05. The molecular weight excluding hydrogens is 478 g/mol. The Morgan fingerprint density at radius 2 is 2.06 bits per heavy atom. The predicted octanol–water partition coefficient (Wildman–Crippen LogP) is 2.19. The summed E-state index contributed by atoms with van der Waals surface area (Å²) in [6.07, 6.45) is -1.02. The summed E-state index contributed by atoms with van der Waals surface area (Å²) in [5.74, 6) is -5.00. The lowest BCUT2D eigenvalue weighted by Gasteiger charge is -2.30. The minimum Gasteiger partial charge on any atom is -0.479 e. The van der Waals surface area contributed by atoms with E-state index in [1.54, 1.807) is 0 Å². The first kappa shape index (κ1) is 24.0. The zero-order valence-corrected chi connectivity index (χ0v) is 17.3. The highest BCUT2D eigenvalue weighted by Crippen LogP contribution is 2.36. The maximum atomic E-state index is 15.7. The number of carboxylic acids is 1. The molecular formula is C19H14ClF4N3O6. The summed E-state index contributed by atoms with van der Waals surface area (Å²) in [7, 11) is 0.805. The standard InChI is InChI=1S/C19H14ClF4N3O6/c1-26-13(19(22,23)24)7-14(28)27(17(26)31)10-4-5-12(20)18(21,8-10)33-11-3-2-6-25-16(11)32-9-15(29)30/h2-8,12H,9H2,1H3,(H,29,30). The molecule has 14 heteroatoms. The smallest absolute Gasteiger partial charge is 0.431 e. The fraction of sp³-hybridized carbons (Fsp3) is 0.263. The van der Waals surface area contributed by atoms with E-state index in [9.17, 15) is 27.6 Å². The molecule has 2 unspecified atom stereocenters. The summed E-state index contributed by atoms with van der Waals surface area (Å²) in [5, 5.41) is 7.23. The molecule has 2 aromatic rings. The highest BCUT2D eigenvalue weighted by molar-refractivity contribution is 6.23. The minimum absolute atomic E-state index is 0.197. The number of aliphatic carboxylic acids is 1. The Labute approximate surface area is 186 Å². The van der Waals surface area contributed by atoms with Gasteiger partial charge in [0, 0.05) is 25.4 Å². The topological polar surface area (TPSA) is 113 Å². The lowest BCUT2D eigenvalue weighted by Crippen LogP contribution is -2.44. The first-order valence-corrected chi connectivity index (χ1v) is 9.40. The molecule has 0 aliphatic heterocycles. The van der Waals surface area contributed by atoms with Gasteiger partial charge in [0.05, 0.1) is 5.70 Å². The molecule has 1 aliphatic rings. The van der Waals surface area contributed by atoms with Gasteiger partial charge in [-0.3, -0.25) is 9.36 Å². The number of carboxylic acid groups (broad SMARTS) is 1. The Morgan fingerprint density at radius 3 is 2.70 bits per heavy atom. The van der Waals surface area contributed by atoms with E-state index in [0.29, 0.717) is 10.6 Å². The zero-order valence-electron chi connectivity index (χ0n) is 16.5. The van der Waals surface area contributed by atoms with Crippen LogP contribution >= 0.6 is 11.6 Å². The van der Waals surface area contributed by atoms with E-state index in [4.69, 9.17) is 26.2 Å². The summed E-state index contributed by atoms with van der Waals surface area (Å²) >= 11 is 6.00. The maximum Gasteiger partial charge on any atom is 0.431 e. The number of nitrogens with zero attached hydrogens (tertiary/aromatic N) is 3. The zero-order chi connectivity index (χ0) is 24.6. The average molecular weight is 492 g/mol. The van der Waals surface area contributed by atoms with Gasteiger partial charge in [0.25, 0.3) is 17.3 Å². The van der Waals surface area contributed by atoms with Crippen LogP contribution in [0, 0.1) is 0 Å². The summed E-state index contributed by atoms with van der Waals surface area (Å²) in [4.78, 5) is 39.3. The third-order valence-corrected chi connectivity index (χ3v) is 4.80. The number of carbonyl (C=O) groups is 1. The number of alkyl halides is 5. The third kappa shape index (κ3) is 4.92. The van der Waals surface area contributed by atoms with Gasteiger partial charge in [0.2, 0.25) is 0 Å². The molecule has 2 atom stereocenters. The number of ether oxygens (including phenoxy) is 2. The van der Waals surface area contributed by atoms with Gasteiger partial charge in [-0.1, -0.05) is 6.08 Å². The molecule has 0 fully saturated rings. The molecule has 0 radical (unpaired) electrons. The van der Waals surface area contributed by atoms with E-state index in [2.05, 4.69) is 4.98 Å². The molecule has 33 heavy (non-hydrogen) atoms. The van der Waals surface area contributed by atoms with Crippen molar-refractivity contribution in [3.05, 3.63) is 69.2 Å². The number of pyridine rings is 1. The molecule has 2 heterocycles. The Kier molecular flexibility index (Phi) is 6.36. The highest BCUT2D eigenvalue weighted by atomic mass is 35.5. The largest absolute Gasteiger partial charge is 0.479 e. The summed E-state index contributed by atoms with van der Waals surface area (Å²) in [5.41, 5.74) is -4.66. The van der Waals surface area contributed by atoms with E-state index in [0.717, 1.165) is 19.2 Å². The lowest BCUT2D eigenvalue weighted by atomic mass is 10.1. The second-order valence-electron chi connectivity index (χ2n) is 6.66. The first-order valence-electron chi connectivity index (χ1n) is 8.97. The van der Waals surface area contributed by atoms with Crippen molar-refractivity contribution >= 4 is 23.3 Å². The number of allylic oxidation sites excluding steroid dienone is 2. The Morgan fingerprint density at radius 1 is 1.36 bits per heavy atom. The molecule has 0 saturated carbocycles. The van der Waals surface area contributed by atoms with Crippen molar-refractivity contribution < 1.29 is 36.9 Å². The van der Waals surface area contributed by atoms with Crippen molar-refractivity contribution in [2.24, 2.45) is 7.05 Å². The molecule has 0 aromatic carbocycles. The molecule has 0 bridgehead atoms. The van der Waals surface area contributed by atoms with Crippen LogP contribution in [0.15, 0.2) is 52.2 Å². The molecule has 3 rings (SSSR count). The van der Waals surface area contributed by atoms with Crippen LogP contribution in [-0.4, -0.2) is 43.0 Å². The molecule has 9 nitrogen and oxygen atoms in total. The van der Waals surface area contributed by atoms with Crippen molar-refractivity contribution in [1.29, 1.82) is 0 Å². The van der Waals surface area contributed by atoms with Gasteiger partial charge in [0.15, 0.2) is 12.4 Å². The van der Waals surface area contributed by atoms with Gasteiger partial charge < -0.3 is 14.6 Å². The summed E-state index contributed by atoms with van der Waals surface area (Å²) in [6, 6.07) is 2.72. The van der Waals surface area contributed by atoms with Crippen molar-refractivity contribution in [3.63, 3.8) is 0 Å². The molecule has 1 N–H and O–H groups in total. The molecule has 2 aromatic heterocycles. The van der Waals surface area contributed by atoms with Crippen molar-refractivity contribution in [1.82, 2.24) is 14.1 Å². The molecule has 0 saturated heterocycles. The van der Waals surface area contributed by atoms with Crippen LogP contribution in [0.1, 0.15) is 5.69 Å². The lowest BCUT2D eigenvalue weighted by molar-refractivity contribution is -0.144. The van der Waals surface area contributed by atoms with E-state index in [1.165, 1.54) is 18.3 Å². The van der Waals surface area contributed by atoms with Crippen LogP contribution in [0.2, 0.25) is 0 Å². The molecule has 176 valence electrons. The number of hydrogen-bond donors (Lipinski definition) is 1. The molecule has 1 aliphatic carbocycles. The monoisotopic (exact) mass is 491 g/mol. The minimum atomic E-state index is -4.97. The first-order chi connectivity index (χ1) is 15.3. The van der Waals surface area contributed by atoms with Crippen LogP contribution < -0.4 is 20.7 Å². The van der Waals surface area contributed by atoms with Crippen molar-refractivity contribution in [3.8, 4) is 11.6 Å². The fourth-order valence-electron chi connectivity index (χ4n) is 2.86. The second kappa shape index (κ2) is 8.73. The fourth-order valence-corrected chi connectivity index (χ4v) is 3.04. The van der Waals surface area contributed by atoms with Crippen LogP contribution in [0.5, 0.6) is 11.6 Å². The maximum absolute atomic E-state index is 15.7. The van der Waals surface area contributed by atoms with Gasteiger partial charge in [-0.15, -0.1) is 11.6 Å². The van der Waals surface area contributed by atoms with Crippen molar-refractivity contribution in [2.45, 2.75) is 17.4 Å². The Hall–Kier alpha value is -3.61. The van der Waals surface area contributed by atoms with Gasteiger partial charge in [0.1, 0.15) is 11.1 Å². The van der Waals surface area contributed by atoms with Crippen LogP contribution in [0.3, 0.4) is 0 Å². The Bertz CT molecular complexity index is 1270. The van der Waals surface area contributed by atoms with Crippen molar-refractivity contribution in [2.75, 3.05) is 6.61 Å². The SMILES string of the molecule is Cn1c(C(F)(F)F)cc(=O)n(C2=CC(F)(Oc3cccnc3OCC(=O)O)C(Cl)C=C2)c1=O. The summed E-state index contributed by atoms with van der Waals surface area (Å²) in [6.45, 7) is -0.811. The van der Waals surface area contributed by atoms with E-state index in [-0.39, 0.29) is 22.3 Å². The van der Waals surface area contributed by atoms with Gasteiger partial charge in [-0.05, 0) is 18.2 Å². The number of rotatable bonds is 6. The molecule has 0 spiro atoms. The number of halogens is 5. The molecule has 0 amide bonds. The van der Waals surface area contributed by atoms with Crippen LogP contribution in [-0.2, 0) is 18.0 Å². The normalized spacial score (nSPS) is 20.3. The van der Waals surface area contributed by atoms with Gasteiger partial charge in [-0.25, -0.2) is 19.1 Å². The second-order valence-corrected chi connectivity index (χ2v) is 7.13. The van der Waals surface area contributed by atoms with Gasteiger partial charge >= 0.3 is 17.8 Å². The van der Waals surface area contributed by atoms with E-state index in [1.807, 2.05) is 0 Å².